The van der Waals surface area contributed by atoms with Crippen LogP contribution in [0.4, 0.5) is 18.0 Å². The third kappa shape index (κ3) is 3.86. The first-order chi connectivity index (χ1) is 11.5. The molecule has 1 amide bonds. The zero-order valence-corrected chi connectivity index (χ0v) is 14.3. The summed E-state index contributed by atoms with van der Waals surface area (Å²) >= 11 is 0. The molecule has 9 heteroatoms. The van der Waals surface area contributed by atoms with Gasteiger partial charge in [0.1, 0.15) is 17.3 Å². The number of rotatable bonds is 1. The number of alkyl halides is 3. The molecule has 1 atom stereocenters. The second kappa shape index (κ2) is 5.82. The van der Waals surface area contributed by atoms with Crippen molar-refractivity contribution in [1.29, 1.82) is 0 Å². The van der Waals surface area contributed by atoms with Crippen molar-refractivity contribution in [1.82, 2.24) is 14.9 Å². The second-order valence-corrected chi connectivity index (χ2v) is 7.35. The van der Waals surface area contributed by atoms with Gasteiger partial charge in [0.05, 0.1) is 18.1 Å². The number of piperidine rings is 1. The van der Waals surface area contributed by atoms with Crippen LogP contribution < -0.4 is 0 Å². The molecule has 2 saturated heterocycles. The molecule has 25 heavy (non-hydrogen) atoms. The summed E-state index contributed by atoms with van der Waals surface area (Å²) in [5.41, 5.74) is -1.66. The zero-order chi connectivity index (χ0) is 18.5. The highest BCUT2D eigenvalue weighted by Gasteiger charge is 2.59. The van der Waals surface area contributed by atoms with Crippen LogP contribution in [0.25, 0.3) is 0 Å². The molecule has 0 aliphatic carbocycles. The van der Waals surface area contributed by atoms with Crippen LogP contribution in [0.1, 0.15) is 51.1 Å². The average molecular weight is 359 g/mol. The van der Waals surface area contributed by atoms with Gasteiger partial charge in [0.25, 0.3) is 0 Å². The molecule has 6 nitrogen and oxygen atoms in total. The molecule has 0 radical (unpaired) electrons. The van der Waals surface area contributed by atoms with E-state index in [0.29, 0.717) is 31.6 Å². The van der Waals surface area contributed by atoms with E-state index in [0.717, 1.165) is 12.4 Å². The number of carbonyl (C=O) groups is 1. The van der Waals surface area contributed by atoms with Crippen molar-refractivity contribution in [3.63, 3.8) is 0 Å². The van der Waals surface area contributed by atoms with Crippen molar-refractivity contribution in [3.05, 3.63) is 23.8 Å². The van der Waals surface area contributed by atoms with Gasteiger partial charge in [0.2, 0.25) is 0 Å². The molecule has 138 valence electrons. The summed E-state index contributed by atoms with van der Waals surface area (Å²) in [4.78, 5) is 20.9. The highest BCUT2D eigenvalue weighted by Crippen LogP contribution is 2.55. The van der Waals surface area contributed by atoms with Gasteiger partial charge in [-0.1, -0.05) is 0 Å². The molecule has 2 fully saturated rings. The van der Waals surface area contributed by atoms with Crippen molar-refractivity contribution in [3.8, 4) is 0 Å². The number of aromatic nitrogens is 2. The Bertz CT molecular complexity index is 647. The molecule has 1 aromatic rings. The number of carbonyl (C=O) groups excluding carboxylic acids is 1. The molecule has 1 spiro atoms. The molecule has 1 unspecified atom stereocenters. The lowest BCUT2D eigenvalue weighted by atomic mass is 9.92. The fraction of sp³-hybridized carbons (Fsp3) is 0.688. The van der Waals surface area contributed by atoms with Gasteiger partial charge in [0.15, 0.2) is 5.69 Å². The lowest BCUT2D eigenvalue weighted by Crippen LogP contribution is -2.44. The van der Waals surface area contributed by atoms with Gasteiger partial charge in [0, 0.05) is 13.1 Å². The monoisotopic (exact) mass is 359 g/mol. The predicted molar refractivity (Wildman–Crippen MR) is 80.6 cm³/mol. The first-order valence-corrected chi connectivity index (χ1v) is 8.05. The van der Waals surface area contributed by atoms with Gasteiger partial charge in [-0.2, -0.15) is 13.2 Å². The summed E-state index contributed by atoms with van der Waals surface area (Å²) in [7, 11) is 0. The Kier molecular flexibility index (Phi) is 4.17. The number of ether oxygens (including phenoxy) is 2. The van der Waals surface area contributed by atoms with Gasteiger partial charge >= 0.3 is 12.3 Å². The van der Waals surface area contributed by atoms with Gasteiger partial charge in [-0.05, 0) is 33.6 Å². The highest BCUT2D eigenvalue weighted by atomic mass is 19.4. The number of likely N-dealkylation sites (tertiary alicyclic amines) is 1. The summed E-state index contributed by atoms with van der Waals surface area (Å²) in [5.74, 6) is 0. The zero-order valence-electron chi connectivity index (χ0n) is 14.3. The molecular formula is C16H20F3N3O3. The quantitative estimate of drug-likeness (QED) is 0.720. The molecule has 2 aliphatic heterocycles. The normalized spacial score (nSPS) is 22.8. The first-order valence-electron chi connectivity index (χ1n) is 8.05. The smallest absolute Gasteiger partial charge is 0.434 e. The largest absolute Gasteiger partial charge is 0.444 e. The SMILES string of the molecule is CC(C)(C)OC(=O)N1CCC2(CC1)OC2c1cnc(C(F)(F)F)cn1. The van der Waals surface area contributed by atoms with Crippen molar-refractivity contribution in [2.75, 3.05) is 13.1 Å². The average Bonchev–Trinajstić information content (AvgIpc) is 3.19. The number of hydrogen-bond donors (Lipinski definition) is 0. The molecule has 0 bridgehead atoms. The van der Waals surface area contributed by atoms with E-state index in [4.69, 9.17) is 9.47 Å². The lowest BCUT2D eigenvalue weighted by Gasteiger charge is -2.32. The van der Waals surface area contributed by atoms with Gasteiger partial charge in [-0.15, -0.1) is 0 Å². The Morgan fingerprint density at radius 1 is 1.24 bits per heavy atom. The number of halogens is 3. The van der Waals surface area contributed by atoms with Gasteiger partial charge < -0.3 is 14.4 Å². The van der Waals surface area contributed by atoms with Crippen molar-refractivity contribution < 1.29 is 27.4 Å². The van der Waals surface area contributed by atoms with Crippen LogP contribution in [-0.2, 0) is 15.7 Å². The van der Waals surface area contributed by atoms with E-state index < -0.39 is 23.1 Å². The van der Waals surface area contributed by atoms with Crippen LogP contribution in [0, 0.1) is 0 Å². The molecular weight excluding hydrogens is 339 g/mol. The summed E-state index contributed by atoms with van der Waals surface area (Å²) < 4.78 is 48.7. The lowest BCUT2D eigenvalue weighted by molar-refractivity contribution is -0.141. The summed E-state index contributed by atoms with van der Waals surface area (Å²) in [6, 6.07) is 0. The van der Waals surface area contributed by atoms with Crippen LogP contribution in [0.2, 0.25) is 0 Å². The molecule has 2 aliphatic rings. The Morgan fingerprint density at radius 2 is 1.88 bits per heavy atom. The van der Waals surface area contributed by atoms with Crippen LogP contribution >= 0.6 is 0 Å². The fourth-order valence-electron chi connectivity index (χ4n) is 2.92. The maximum atomic E-state index is 12.5. The Hall–Kier alpha value is -1.90. The van der Waals surface area contributed by atoms with E-state index in [2.05, 4.69) is 9.97 Å². The summed E-state index contributed by atoms with van der Waals surface area (Å²) in [6.07, 6.45) is -2.24. The number of hydrogen-bond acceptors (Lipinski definition) is 5. The molecule has 0 aromatic carbocycles. The van der Waals surface area contributed by atoms with E-state index in [-0.39, 0.29) is 12.2 Å². The minimum absolute atomic E-state index is 0.367. The Labute approximate surface area is 143 Å². The van der Waals surface area contributed by atoms with E-state index >= 15 is 0 Å². The van der Waals surface area contributed by atoms with Crippen LogP contribution in [0.5, 0.6) is 0 Å². The Morgan fingerprint density at radius 3 is 2.36 bits per heavy atom. The number of amides is 1. The third-order valence-electron chi connectivity index (χ3n) is 4.27. The van der Waals surface area contributed by atoms with E-state index in [1.54, 1.807) is 25.7 Å². The standard InChI is InChI=1S/C16H20F3N3O3/c1-14(2,3)25-13(23)22-6-4-15(5-7-22)12(24-15)10-8-21-11(9-20-10)16(17,18)19/h8-9,12H,4-7H2,1-3H3. The van der Waals surface area contributed by atoms with E-state index in [1.165, 1.54) is 0 Å². The molecule has 3 heterocycles. The van der Waals surface area contributed by atoms with Gasteiger partial charge in [-0.25, -0.2) is 9.78 Å². The molecule has 0 saturated carbocycles. The maximum Gasteiger partial charge on any atom is 0.434 e. The summed E-state index contributed by atoms with van der Waals surface area (Å²) in [5, 5.41) is 0. The maximum absolute atomic E-state index is 12.5. The number of nitrogens with zero attached hydrogens (tertiary/aromatic N) is 3. The van der Waals surface area contributed by atoms with Gasteiger partial charge in [-0.3, -0.25) is 4.98 Å². The van der Waals surface area contributed by atoms with E-state index in [9.17, 15) is 18.0 Å². The third-order valence-corrected chi connectivity index (χ3v) is 4.27. The van der Waals surface area contributed by atoms with Crippen molar-refractivity contribution in [2.24, 2.45) is 0 Å². The predicted octanol–water partition coefficient (Wildman–Crippen LogP) is 3.34. The van der Waals surface area contributed by atoms with Crippen LogP contribution in [-0.4, -0.2) is 45.3 Å². The molecule has 0 N–H and O–H groups in total. The topological polar surface area (TPSA) is 67.8 Å². The highest BCUT2D eigenvalue weighted by molar-refractivity contribution is 5.68. The molecule has 3 rings (SSSR count). The van der Waals surface area contributed by atoms with Crippen molar-refractivity contribution >= 4 is 6.09 Å². The second-order valence-electron chi connectivity index (χ2n) is 7.35. The minimum Gasteiger partial charge on any atom is -0.444 e. The van der Waals surface area contributed by atoms with E-state index in [1.807, 2.05) is 0 Å². The van der Waals surface area contributed by atoms with Crippen molar-refractivity contribution in [2.45, 2.75) is 57.1 Å². The van der Waals surface area contributed by atoms with Crippen LogP contribution in [0.15, 0.2) is 12.4 Å². The first kappa shape index (κ1) is 17.9. The minimum atomic E-state index is -4.51. The fourth-order valence-corrected chi connectivity index (χ4v) is 2.92. The van der Waals surface area contributed by atoms with Crippen LogP contribution in [0.3, 0.4) is 0 Å². The Balaban J connectivity index is 1.58. The number of epoxide rings is 1. The molecule has 1 aromatic heterocycles. The summed E-state index contributed by atoms with van der Waals surface area (Å²) in [6.45, 7) is 6.36.